The van der Waals surface area contributed by atoms with Crippen LogP contribution in [-0.4, -0.2) is 54.9 Å². The van der Waals surface area contributed by atoms with Gasteiger partial charge >= 0.3 is 0 Å². The number of hydrogen-bond donors (Lipinski definition) is 0. The third kappa shape index (κ3) is 9.86. The first-order chi connectivity index (χ1) is 9.33. The van der Waals surface area contributed by atoms with E-state index in [1.807, 2.05) is 0 Å². The van der Waals surface area contributed by atoms with Gasteiger partial charge < -0.3 is 9.80 Å². The van der Waals surface area contributed by atoms with Gasteiger partial charge in [-0.1, -0.05) is 48.0 Å². The van der Waals surface area contributed by atoms with E-state index in [9.17, 15) is 0 Å². The Labute approximate surface area is 129 Å². The highest BCUT2D eigenvalue weighted by Gasteiger charge is 2.11. The lowest BCUT2D eigenvalue weighted by Gasteiger charge is -2.21. The molecule has 0 aromatic carbocycles. The summed E-state index contributed by atoms with van der Waals surface area (Å²) >= 11 is 3.49. The molecule has 0 aliphatic carbocycles. The van der Waals surface area contributed by atoms with Crippen molar-refractivity contribution in [2.24, 2.45) is 0 Å². The van der Waals surface area contributed by atoms with E-state index in [0.29, 0.717) is 0 Å². The van der Waals surface area contributed by atoms with Crippen LogP contribution in [0.15, 0.2) is 0 Å². The summed E-state index contributed by atoms with van der Waals surface area (Å²) in [5, 5.41) is 1.18. The largest absolute Gasteiger partial charge is 0.305 e. The highest BCUT2D eigenvalue weighted by Crippen LogP contribution is 2.09. The SMILES string of the molecule is CN(CCCCCCCCCBr)CCN1CCCC1. The van der Waals surface area contributed by atoms with Crippen molar-refractivity contribution in [1.29, 1.82) is 0 Å². The van der Waals surface area contributed by atoms with Crippen LogP contribution < -0.4 is 0 Å². The number of alkyl halides is 1. The first kappa shape index (κ1) is 17.5. The molecule has 2 nitrogen and oxygen atoms in total. The van der Waals surface area contributed by atoms with Gasteiger partial charge in [-0.25, -0.2) is 0 Å². The van der Waals surface area contributed by atoms with Crippen molar-refractivity contribution in [3.05, 3.63) is 0 Å². The quantitative estimate of drug-likeness (QED) is 0.391. The van der Waals surface area contributed by atoms with Gasteiger partial charge in [0.25, 0.3) is 0 Å². The van der Waals surface area contributed by atoms with E-state index >= 15 is 0 Å². The molecule has 1 aliphatic heterocycles. The second-order valence-electron chi connectivity index (χ2n) is 6.02. The zero-order valence-electron chi connectivity index (χ0n) is 12.9. The monoisotopic (exact) mass is 332 g/mol. The standard InChI is InChI=1S/C16H33BrN2/c1-18(15-16-19-13-9-10-14-19)12-8-6-4-2-3-5-7-11-17/h2-16H2,1H3. The molecule has 0 saturated carbocycles. The molecule has 0 atom stereocenters. The summed E-state index contributed by atoms with van der Waals surface area (Å²) in [6.45, 7) is 6.49. The second kappa shape index (κ2) is 12.2. The smallest absolute Gasteiger partial charge is 0.0109 e. The topological polar surface area (TPSA) is 6.48 Å². The Bertz CT molecular complexity index is 193. The van der Waals surface area contributed by atoms with Crippen LogP contribution in [0.3, 0.4) is 0 Å². The van der Waals surface area contributed by atoms with E-state index < -0.39 is 0 Å². The summed E-state index contributed by atoms with van der Waals surface area (Å²) in [5.74, 6) is 0. The Morgan fingerprint density at radius 1 is 0.842 bits per heavy atom. The first-order valence-corrected chi connectivity index (χ1v) is 9.42. The molecule has 114 valence electrons. The lowest BCUT2D eigenvalue weighted by atomic mass is 10.1. The van der Waals surface area contributed by atoms with Crippen molar-refractivity contribution < 1.29 is 0 Å². The van der Waals surface area contributed by atoms with Crippen molar-refractivity contribution in [1.82, 2.24) is 9.80 Å². The zero-order valence-corrected chi connectivity index (χ0v) is 14.5. The third-order valence-electron chi connectivity index (χ3n) is 4.17. The van der Waals surface area contributed by atoms with Crippen LogP contribution in [0, 0.1) is 0 Å². The van der Waals surface area contributed by atoms with Crippen LogP contribution >= 0.6 is 15.9 Å². The summed E-state index contributed by atoms with van der Waals surface area (Å²) in [6, 6.07) is 0. The molecular formula is C16H33BrN2. The number of halogens is 1. The molecule has 0 amide bonds. The highest BCUT2D eigenvalue weighted by atomic mass is 79.9. The van der Waals surface area contributed by atoms with Crippen LogP contribution in [0.5, 0.6) is 0 Å². The molecule has 1 fully saturated rings. The lowest BCUT2D eigenvalue weighted by molar-refractivity contribution is 0.253. The molecule has 1 rings (SSSR count). The Kier molecular flexibility index (Phi) is 11.2. The van der Waals surface area contributed by atoms with Crippen molar-refractivity contribution in [3.63, 3.8) is 0 Å². The van der Waals surface area contributed by atoms with Crippen LogP contribution in [-0.2, 0) is 0 Å². The van der Waals surface area contributed by atoms with E-state index in [2.05, 4.69) is 32.8 Å². The maximum absolute atomic E-state index is 3.49. The summed E-state index contributed by atoms with van der Waals surface area (Å²) < 4.78 is 0. The normalized spacial score (nSPS) is 16.6. The fourth-order valence-corrected chi connectivity index (χ4v) is 3.19. The Hall–Kier alpha value is 0.400. The average Bonchev–Trinajstić information content (AvgIpc) is 2.93. The number of likely N-dealkylation sites (tertiary alicyclic amines) is 1. The number of likely N-dealkylation sites (N-methyl/N-ethyl adjacent to an activating group) is 1. The van der Waals surface area contributed by atoms with Gasteiger partial charge in [-0.3, -0.25) is 0 Å². The molecule has 0 N–H and O–H groups in total. The van der Waals surface area contributed by atoms with E-state index in [1.54, 1.807) is 0 Å². The van der Waals surface area contributed by atoms with Crippen molar-refractivity contribution in [2.45, 2.75) is 57.8 Å². The summed E-state index contributed by atoms with van der Waals surface area (Å²) in [4.78, 5) is 5.13. The van der Waals surface area contributed by atoms with E-state index in [1.165, 1.54) is 95.8 Å². The minimum absolute atomic E-state index is 1.18. The molecule has 0 radical (unpaired) electrons. The molecular weight excluding hydrogens is 300 g/mol. The average molecular weight is 333 g/mol. The third-order valence-corrected chi connectivity index (χ3v) is 4.73. The van der Waals surface area contributed by atoms with E-state index in [4.69, 9.17) is 0 Å². The van der Waals surface area contributed by atoms with Gasteiger partial charge in [0.15, 0.2) is 0 Å². The Morgan fingerprint density at radius 3 is 2.05 bits per heavy atom. The van der Waals surface area contributed by atoms with E-state index in [0.717, 1.165) is 0 Å². The van der Waals surface area contributed by atoms with Gasteiger partial charge in [0, 0.05) is 18.4 Å². The van der Waals surface area contributed by atoms with Gasteiger partial charge in [0.05, 0.1) is 0 Å². The molecule has 0 aromatic heterocycles. The second-order valence-corrected chi connectivity index (χ2v) is 6.81. The molecule has 0 unspecified atom stereocenters. The van der Waals surface area contributed by atoms with Gasteiger partial charge in [-0.15, -0.1) is 0 Å². The Balaban J connectivity index is 1.80. The molecule has 0 bridgehead atoms. The molecule has 0 spiro atoms. The molecule has 3 heteroatoms. The number of rotatable bonds is 12. The summed E-state index contributed by atoms with van der Waals surface area (Å²) in [5.41, 5.74) is 0. The van der Waals surface area contributed by atoms with Gasteiger partial charge in [0.2, 0.25) is 0 Å². The lowest BCUT2D eigenvalue weighted by Crippen LogP contribution is -2.31. The first-order valence-electron chi connectivity index (χ1n) is 8.30. The van der Waals surface area contributed by atoms with Crippen molar-refractivity contribution in [3.8, 4) is 0 Å². The minimum Gasteiger partial charge on any atom is -0.305 e. The molecule has 1 heterocycles. The van der Waals surface area contributed by atoms with Crippen molar-refractivity contribution in [2.75, 3.05) is 45.1 Å². The maximum Gasteiger partial charge on any atom is 0.0109 e. The van der Waals surface area contributed by atoms with Crippen LogP contribution in [0.25, 0.3) is 0 Å². The van der Waals surface area contributed by atoms with Crippen molar-refractivity contribution >= 4 is 15.9 Å². The van der Waals surface area contributed by atoms with E-state index in [-0.39, 0.29) is 0 Å². The number of hydrogen-bond acceptors (Lipinski definition) is 2. The fraction of sp³-hybridized carbons (Fsp3) is 1.00. The van der Waals surface area contributed by atoms with Crippen LogP contribution in [0.1, 0.15) is 57.8 Å². The van der Waals surface area contributed by atoms with Gasteiger partial charge in [0.1, 0.15) is 0 Å². The highest BCUT2D eigenvalue weighted by molar-refractivity contribution is 9.09. The Morgan fingerprint density at radius 2 is 1.42 bits per heavy atom. The molecule has 1 saturated heterocycles. The van der Waals surface area contributed by atoms with Crippen LogP contribution in [0.4, 0.5) is 0 Å². The van der Waals surface area contributed by atoms with Gasteiger partial charge in [-0.05, 0) is 52.4 Å². The number of unbranched alkanes of at least 4 members (excludes halogenated alkanes) is 6. The minimum atomic E-state index is 1.18. The predicted molar refractivity (Wildman–Crippen MR) is 89.3 cm³/mol. The fourth-order valence-electron chi connectivity index (χ4n) is 2.79. The zero-order chi connectivity index (χ0) is 13.8. The molecule has 0 aromatic rings. The van der Waals surface area contributed by atoms with Crippen LogP contribution in [0.2, 0.25) is 0 Å². The number of nitrogens with zero attached hydrogens (tertiary/aromatic N) is 2. The summed E-state index contributed by atoms with van der Waals surface area (Å²) in [6.07, 6.45) is 12.7. The summed E-state index contributed by atoms with van der Waals surface area (Å²) in [7, 11) is 2.28. The predicted octanol–water partition coefficient (Wildman–Crippen LogP) is 4.14. The van der Waals surface area contributed by atoms with Gasteiger partial charge in [-0.2, -0.15) is 0 Å². The maximum atomic E-state index is 3.49. The molecule has 19 heavy (non-hydrogen) atoms. The molecule has 1 aliphatic rings.